The summed E-state index contributed by atoms with van der Waals surface area (Å²) in [7, 11) is 0. The van der Waals surface area contributed by atoms with Gasteiger partial charge in [-0.1, -0.05) is 0 Å². The zero-order valence-electron chi connectivity index (χ0n) is 7.89. The second-order valence-corrected chi connectivity index (χ2v) is 2.08. The summed E-state index contributed by atoms with van der Waals surface area (Å²) in [5, 5.41) is 16.3. The number of nitrogens with zero attached hydrogens (tertiary/aromatic N) is 3. The number of rotatable bonds is 5. The molecule has 0 heterocycles. The van der Waals surface area contributed by atoms with Gasteiger partial charge in [-0.3, -0.25) is 5.43 Å². The Morgan fingerprint density at radius 3 is 2.73 bits per heavy atom. The number of hydrogen-bond donors (Lipinski definition) is 2. The molecular weight excluding hydrogens is 206 g/mol. The molecule has 0 unspecified atom stereocenters. The van der Waals surface area contributed by atoms with E-state index in [0.717, 1.165) is 0 Å². The van der Waals surface area contributed by atoms with Crippen LogP contribution in [0.3, 0.4) is 0 Å². The van der Waals surface area contributed by atoms with Crippen molar-refractivity contribution in [1.82, 2.24) is 10.3 Å². The largest absolute Gasteiger partial charge is 0.529 e. The lowest BCUT2D eigenvalue weighted by Gasteiger charge is -2.03. The lowest BCUT2D eigenvalue weighted by Crippen LogP contribution is -2.35. The summed E-state index contributed by atoms with van der Waals surface area (Å²) < 4.78 is 4.55. The highest BCUT2D eigenvalue weighted by molar-refractivity contribution is 6.37. The van der Waals surface area contributed by atoms with Crippen LogP contribution in [0, 0.1) is 5.53 Å². The summed E-state index contributed by atoms with van der Waals surface area (Å²) in [6.07, 6.45) is -1.67. The third kappa shape index (κ3) is 5.88. The Hall–Kier alpha value is -2.28. The highest BCUT2D eigenvalue weighted by Crippen LogP contribution is 1.85. The maximum atomic E-state index is 11.1. The van der Waals surface area contributed by atoms with Gasteiger partial charge in [-0.25, -0.2) is 4.79 Å². The van der Waals surface area contributed by atoms with Crippen LogP contribution in [0.4, 0.5) is 4.79 Å². The molecule has 0 spiro atoms. The van der Waals surface area contributed by atoms with E-state index in [2.05, 4.69) is 19.9 Å². The van der Waals surface area contributed by atoms with Gasteiger partial charge in [0.15, 0.2) is 18.3 Å². The number of carbonyl (C=O) groups is 2. The number of ether oxygens (including phenoxy) is 1. The summed E-state index contributed by atoms with van der Waals surface area (Å²) in [6, 6.07) is 0. The molecule has 9 heteroatoms. The molecule has 0 fully saturated rings. The Labute approximate surface area is 84.3 Å². The quantitative estimate of drug-likeness (QED) is 0.187. The van der Waals surface area contributed by atoms with Crippen molar-refractivity contribution in [1.29, 1.82) is 5.53 Å². The number of carbonyl (C=O) groups excluding carboxylic acids is 2. The van der Waals surface area contributed by atoms with Crippen molar-refractivity contribution in [2.24, 2.45) is 10.2 Å². The van der Waals surface area contributed by atoms with Crippen LogP contribution in [0.5, 0.6) is 0 Å². The maximum absolute atomic E-state index is 11.1. The minimum Gasteiger partial charge on any atom is -0.529 e. The molecule has 2 N–H and O–H groups in total. The van der Waals surface area contributed by atoms with Crippen LogP contribution in [-0.4, -0.2) is 30.9 Å². The molecule has 0 radical (unpaired) electrons. The Balaban J connectivity index is 4.55. The zero-order valence-corrected chi connectivity index (χ0v) is 7.89. The van der Waals surface area contributed by atoms with Gasteiger partial charge >= 0.3 is 5.97 Å². The first kappa shape index (κ1) is 12.7. The predicted molar refractivity (Wildman–Crippen MR) is 44.7 cm³/mol. The van der Waals surface area contributed by atoms with Gasteiger partial charge in [0.1, 0.15) is 10.6 Å². The van der Waals surface area contributed by atoms with Crippen molar-refractivity contribution in [3.8, 4) is 0 Å². The van der Waals surface area contributed by atoms with E-state index in [1.807, 2.05) is 0 Å². The van der Waals surface area contributed by atoms with Crippen LogP contribution in [0.15, 0.2) is 10.2 Å². The normalized spacial score (nSPS) is 10.1. The minimum absolute atomic E-state index is 0.112. The number of hydrogen-bond acceptors (Lipinski definition) is 7. The second kappa shape index (κ2) is 7.15. The molecule has 0 saturated carbocycles. The molecular formula is C6H9N5O4. The first-order valence-electron chi connectivity index (χ1n) is 3.85. The van der Waals surface area contributed by atoms with E-state index >= 15 is 0 Å². The molecule has 0 rings (SSSR count). The monoisotopic (exact) mass is 215 g/mol. The molecule has 0 aromatic rings. The first-order valence-corrected chi connectivity index (χ1v) is 3.85. The fourth-order valence-electron chi connectivity index (χ4n) is 0.575. The van der Waals surface area contributed by atoms with Gasteiger partial charge in [-0.05, 0) is 6.92 Å². The van der Waals surface area contributed by atoms with Crippen LogP contribution < -0.4 is 15.4 Å². The summed E-state index contributed by atoms with van der Waals surface area (Å²) in [6.45, 7) is 1.34. The summed E-state index contributed by atoms with van der Waals surface area (Å²) in [5.74, 6) is -0.835. The third-order valence-corrected chi connectivity index (χ3v) is 1.08. The average molecular weight is 215 g/mol. The van der Waals surface area contributed by atoms with Gasteiger partial charge in [0.2, 0.25) is 4.91 Å². The second-order valence-electron chi connectivity index (χ2n) is 2.08. The van der Waals surface area contributed by atoms with Gasteiger partial charge in [0.05, 0.1) is 6.61 Å². The van der Waals surface area contributed by atoms with Crippen molar-refractivity contribution in [2.45, 2.75) is 6.92 Å². The van der Waals surface area contributed by atoms with E-state index in [1.165, 1.54) is 5.43 Å². The van der Waals surface area contributed by atoms with Gasteiger partial charge in [0.25, 0.3) is 0 Å². The van der Waals surface area contributed by atoms with Gasteiger partial charge < -0.3 is 14.6 Å². The van der Waals surface area contributed by atoms with E-state index in [0.29, 0.717) is 0 Å². The fourth-order valence-corrected chi connectivity index (χ4v) is 0.575. The Kier molecular flexibility index (Phi) is 6.07. The van der Waals surface area contributed by atoms with Crippen LogP contribution in [0.25, 0.3) is 0 Å². The molecule has 82 valence electrons. The number of hydrazone groups is 1. The smallest absolute Gasteiger partial charge is 0.356 e. The molecule has 0 aromatic heterocycles. The Bertz CT molecular complexity index is 319. The number of amides is 1. The molecule has 0 saturated heterocycles. The van der Waals surface area contributed by atoms with Gasteiger partial charge in [-0.2, -0.15) is 5.10 Å². The Morgan fingerprint density at radius 2 is 2.27 bits per heavy atom. The molecule has 0 aliphatic heterocycles. The van der Waals surface area contributed by atoms with E-state index in [1.54, 1.807) is 6.92 Å². The fraction of sp³-hybridized carbons (Fsp3) is 0.500. The maximum Gasteiger partial charge on any atom is 0.356 e. The molecule has 0 aliphatic rings. The summed E-state index contributed by atoms with van der Waals surface area (Å²) in [4.78, 5) is 23.7. The average Bonchev–Trinajstić information content (AvgIpc) is 2.17. The third-order valence-electron chi connectivity index (χ3n) is 1.08. The molecule has 15 heavy (non-hydrogen) atoms. The Morgan fingerprint density at radius 1 is 1.60 bits per heavy atom. The first-order chi connectivity index (χ1) is 7.11. The SMILES string of the molecule is CCOC(=O)C(CN=[N+]=N)=NNC(=O)[O-]. The standard InChI is InChI=1S/C6H9N5O4/c1-2-15-5(12)4(3-8-11-7)9-10-6(13)14/h7H,2-3H2,1H3,(H-,10,12,13,14). The number of nitrogens with one attached hydrogen (secondary N) is 2. The highest BCUT2D eigenvalue weighted by Gasteiger charge is 2.14. The molecule has 0 aromatic carbocycles. The van der Waals surface area contributed by atoms with Gasteiger partial charge in [-0.15, -0.1) is 0 Å². The summed E-state index contributed by atoms with van der Waals surface area (Å²) >= 11 is 0. The van der Waals surface area contributed by atoms with E-state index in [4.69, 9.17) is 5.53 Å². The van der Waals surface area contributed by atoms with Crippen molar-refractivity contribution in [3.63, 3.8) is 0 Å². The number of esters is 1. The van der Waals surface area contributed by atoms with Crippen LogP contribution in [0.1, 0.15) is 6.92 Å². The van der Waals surface area contributed by atoms with Crippen molar-refractivity contribution in [3.05, 3.63) is 0 Å². The molecule has 9 nitrogen and oxygen atoms in total. The van der Waals surface area contributed by atoms with Crippen molar-refractivity contribution < 1.29 is 19.4 Å². The predicted octanol–water partition coefficient (Wildman–Crippen LogP) is -1.61. The van der Waals surface area contributed by atoms with Gasteiger partial charge in [0, 0.05) is 0 Å². The van der Waals surface area contributed by atoms with E-state index < -0.39 is 12.1 Å². The zero-order chi connectivity index (χ0) is 11.7. The van der Waals surface area contributed by atoms with E-state index in [9.17, 15) is 14.7 Å². The molecule has 0 bridgehead atoms. The van der Waals surface area contributed by atoms with Crippen molar-refractivity contribution in [2.75, 3.05) is 13.2 Å². The molecule has 1 amide bonds. The van der Waals surface area contributed by atoms with Crippen LogP contribution in [-0.2, 0) is 9.53 Å². The lowest BCUT2D eigenvalue weighted by molar-refractivity contribution is -0.250. The number of carboxylic acid groups (broad SMARTS) is 1. The minimum atomic E-state index is -1.67. The molecule has 0 aliphatic carbocycles. The highest BCUT2D eigenvalue weighted by atomic mass is 16.5. The van der Waals surface area contributed by atoms with Crippen molar-refractivity contribution >= 4 is 17.8 Å². The lowest BCUT2D eigenvalue weighted by atomic mass is 10.4. The van der Waals surface area contributed by atoms with Crippen LogP contribution >= 0.6 is 0 Å². The van der Waals surface area contributed by atoms with E-state index in [-0.39, 0.29) is 18.9 Å². The summed E-state index contributed by atoms with van der Waals surface area (Å²) in [5.41, 5.74) is 7.57. The van der Waals surface area contributed by atoms with Crippen LogP contribution in [0.2, 0.25) is 0 Å². The topological polar surface area (TPSA) is 141 Å². The molecule has 0 atom stereocenters.